The van der Waals surface area contributed by atoms with Gasteiger partial charge in [0.1, 0.15) is 0 Å². The topological polar surface area (TPSA) is 26.0 Å². The van der Waals surface area contributed by atoms with E-state index in [-0.39, 0.29) is 6.04 Å². The molecule has 0 bridgehead atoms. The molecule has 1 fully saturated rings. The molecule has 16 heavy (non-hydrogen) atoms. The Hall–Kier alpha value is -0.340. The maximum Gasteiger partial charge on any atom is 0.0297 e. The minimum atomic E-state index is 0.209. The van der Waals surface area contributed by atoms with Gasteiger partial charge >= 0.3 is 0 Å². The SMILES string of the molecule is NC(CC1CCCCC1)c1cccc(Br)c1. The molecule has 0 radical (unpaired) electrons. The van der Waals surface area contributed by atoms with Crippen molar-refractivity contribution >= 4 is 15.9 Å². The molecule has 1 nitrogen and oxygen atoms in total. The quantitative estimate of drug-likeness (QED) is 0.872. The second kappa shape index (κ2) is 5.83. The van der Waals surface area contributed by atoms with Crippen LogP contribution in [0.25, 0.3) is 0 Å². The summed E-state index contributed by atoms with van der Waals surface area (Å²) in [6.07, 6.45) is 8.12. The van der Waals surface area contributed by atoms with Crippen LogP contribution in [-0.4, -0.2) is 0 Å². The molecule has 2 rings (SSSR count). The first-order chi connectivity index (χ1) is 7.75. The van der Waals surface area contributed by atoms with Gasteiger partial charge in [0.05, 0.1) is 0 Å². The van der Waals surface area contributed by atoms with Gasteiger partial charge in [0.2, 0.25) is 0 Å². The average molecular weight is 282 g/mol. The molecule has 1 aliphatic carbocycles. The smallest absolute Gasteiger partial charge is 0.0297 e. The minimum absolute atomic E-state index is 0.209. The minimum Gasteiger partial charge on any atom is -0.324 e. The van der Waals surface area contributed by atoms with Crippen LogP contribution in [0.15, 0.2) is 28.7 Å². The Balaban J connectivity index is 1.94. The van der Waals surface area contributed by atoms with Crippen molar-refractivity contribution in [3.63, 3.8) is 0 Å². The van der Waals surface area contributed by atoms with Crippen LogP contribution in [0.3, 0.4) is 0 Å². The molecule has 2 heteroatoms. The van der Waals surface area contributed by atoms with E-state index in [1.54, 1.807) is 0 Å². The maximum atomic E-state index is 6.27. The number of hydrogen-bond acceptors (Lipinski definition) is 1. The number of halogens is 1. The Bertz CT molecular complexity index is 331. The van der Waals surface area contributed by atoms with Gasteiger partial charge in [-0.2, -0.15) is 0 Å². The lowest BCUT2D eigenvalue weighted by Gasteiger charge is -2.24. The lowest BCUT2D eigenvalue weighted by Crippen LogP contribution is -2.17. The highest BCUT2D eigenvalue weighted by molar-refractivity contribution is 9.10. The van der Waals surface area contributed by atoms with Gasteiger partial charge in [-0.25, -0.2) is 0 Å². The fraction of sp³-hybridized carbons (Fsp3) is 0.571. The van der Waals surface area contributed by atoms with Gasteiger partial charge in [0, 0.05) is 10.5 Å². The third-order valence-corrected chi connectivity index (χ3v) is 4.08. The molecular weight excluding hydrogens is 262 g/mol. The van der Waals surface area contributed by atoms with Gasteiger partial charge in [-0.1, -0.05) is 60.2 Å². The second-order valence-electron chi connectivity index (χ2n) is 4.90. The summed E-state index contributed by atoms with van der Waals surface area (Å²) < 4.78 is 1.13. The Morgan fingerprint density at radius 3 is 2.69 bits per heavy atom. The summed E-state index contributed by atoms with van der Waals surface area (Å²) in [6.45, 7) is 0. The van der Waals surface area contributed by atoms with Crippen molar-refractivity contribution in [2.24, 2.45) is 11.7 Å². The predicted octanol–water partition coefficient (Wildman–Crippen LogP) is 4.42. The van der Waals surface area contributed by atoms with Crippen molar-refractivity contribution < 1.29 is 0 Å². The highest BCUT2D eigenvalue weighted by Crippen LogP contribution is 2.31. The van der Waals surface area contributed by atoms with Gasteiger partial charge in [-0.05, 0) is 30.0 Å². The largest absolute Gasteiger partial charge is 0.324 e. The highest BCUT2D eigenvalue weighted by Gasteiger charge is 2.17. The molecule has 0 heterocycles. The molecule has 2 N–H and O–H groups in total. The molecule has 1 aromatic carbocycles. The van der Waals surface area contributed by atoms with Crippen molar-refractivity contribution in [3.8, 4) is 0 Å². The zero-order valence-electron chi connectivity index (χ0n) is 9.66. The normalized spacial score (nSPS) is 19.6. The van der Waals surface area contributed by atoms with E-state index in [9.17, 15) is 0 Å². The first kappa shape index (κ1) is 12.1. The molecule has 0 aliphatic heterocycles. The first-order valence-corrected chi connectivity index (χ1v) is 7.06. The Kier molecular flexibility index (Phi) is 4.42. The maximum absolute atomic E-state index is 6.27. The summed E-state index contributed by atoms with van der Waals surface area (Å²) >= 11 is 3.50. The predicted molar refractivity (Wildman–Crippen MR) is 72.3 cm³/mol. The average Bonchev–Trinajstić information content (AvgIpc) is 2.30. The van der Waals surface area contributed by atoms with E-state index in [1.165, 1.54) is 37.7 Å². The van der Waals surface area contributed by atoms with Gasteiger partial charge in [-0.15, -0.1) is 0 Å². The van der Waals surface area contributed by atoms with Crippen molar-refractivity contribution in [2.75, 3.05) is 0 Å². The van der Waals surface area contributed by atoms with Crippen LogP contribution in [0, 0.1) is 5.92 Å². The van der Waals surface area contributed by atoms with E-state index in [2.05, 4.69) is 40.2 Å². The monoisotopic (exact) mass is 281 g/mol. The van der Waals surface area contributed by atoms with Crippen molar-refractivity contribution in [1.82, 2.24) is 0 Å². The Morgan fingerprint density at radius 1 is 1.25 bits per heavy atom. The summed E-state index contributed by atoms with van der Waals surface area (Å²) in [6, 6.07) is 8.61. The summed E-state index contributed by atoms with van der Waals surface area (Å²) in [5, 5.41) is 0. The molecule has 0 amide bonds. The van der Waals surface area contributed by atoms with Crippen molar-refractivity contribution in [2.45, 2.75) is 44.6 Å². The fourth-order valence-electron chi connectivity index (χ4n) is 2.66. The van der Waals surface area contributed by atoms with E-state index < -0.39 is 0 Å². The van der Waals surface area contributed by atoms with Crippen LogP contribution in [0.4, 0.5) is 0 Å². The lowest BCUT2D eigenvalue weighted by molar-refractivity contribution is 0.319. The van der Waals surface area contributed by atoms with Gasteiger partial charge in [-0.3, -0.25) is 0 Å². The van der Waals surface area contributed by atoms with E-state index >= 15 is 0 Å². The van der Waals surface area contributed by atoms with E-state index in [0.29, 0.717) is 0 Å². The zero-order chi connectivity index (χ0) is 11.4. The summed E-state index contributed by atoms with van der Waals surface area (Å²) in [5.41, 5.74) is 7.54. The molecule has 1 unspecified atom stereocenters. The van der Waals surface area contributed by atoms with Crippen LogP contribution in [0.5, 0.6) is 0 Å². The van der Waals surface area contributed by atoms with Gasteiger partial charge in [0.25, 0.3) is 0 Å². The number of rotatable bonds is 3. The van der Waals surface area contributed by atoms with Crippen molar-refractivity contribution in [1.29, 1.82) is 0 Å². The molecule has 1 aliphatic rings. The fourth-order valence-corrected chi connectivity index (χ4v) is 3.07. The van der Waals surface area contributed by atoms with E-state index in [1.807, 2.05) is 0 Å². The van der Waals surface area contributed by atoms with E-state index in [0.717, 1.165) is 16.8 Å². The summed E-state index contributed by atoms with van der Waals surface area (Å²) in [5.74, 6) is 0.850. The van der Waals surface area contributed by atoms with Gasteiger partial charge in [0.15, 0.2) is 0 Å². The first-order valence-electron chi connectivity index (χ1n) is 6.27. The molecule has 1 saturated carbocycles. The standard InChI is InChI=1S/C14H20BrN/c15-13-8-4-7-12(10-13)14(16)9-11-5-2-1-3-6-11/h4,7-8,10-11,14H,1-3,5-6,9,16H2. The molecule has 0 spiro atoms. The number of benzene rings is 1. The summed E-state index contributed by atoms with van der Waals surface area (Å²) in [7, 11) is 0. The lowest BCUT2D eigenvalue weighted by atomic mass is 9.83. The number of hydrogen-bond donors (Lipinski definition) is 1. The van der Waals surface area contributed by atoms with Crippen molar-refractivity contribution in [3.05, 3.63) is 34.3 Å². The molecule has 1 aromatic rings. The van der Waals surface area contributed by atoms with E-state index in [4.69, 9.17) is 5.73 Å². The highest BCUT2D eigenvalue weighted by atomic mass is 79.9. The van der Waals surface area contributed by atoms with Crippen LogP contribution < -0.4 is 5.73 Å². The third kappa shape index (κ3) is 3.33. The Morgan fingerprint density at radius 2 is 2.00 bits per heavy atom. The van der Waals surface area contributed by atoms with Crippen LogP contribution >= 0.6 is 15.9 Å². The number of nitrogens with two attached hydrogens (primary N) is 1. The molecule has 1 atom stereocenters. The second-order valence-corrected chi connectivity index (χ2v) is 5.82. The summed E-state index contributed by atoms with van der Waals surface area (Å²) in [4.78, 5) is 0. The van der Waals surface area contributed by atoms with Gasteiger partial charge < -0.3 is 5.73 Å². The molecule has 0 saturated heterocycles. The molecule has 88 valence electrons. The molecular formula is C14H20BrN. The zero-order valence-corrected chi connectivity index (χ0v) is 11.2. The third-order valence-electron chi connectivity index (χ3n) is 3.59. The molecule has 0 aromatic heterocycles. The Labute approximate surface area is 107 Å². The van der Waals surface area contributed by atoms with Crippen LogP contribution in [0.2, 0.25) is 0 Å². The van der Waals surface area contributed by atoms with Crippen LogP contribution in [-0.2, 0) is 0 Å². The van der Waals surface area contributed by atoms with Crippen LogP contribution in [0.1, 0.15) is 50.1 Å².